The number of para-hydroxylation sites is 1. The standard InChI is InChI=1S/C27H25NO4/c1-2-3-17-30-23-15-13-21(14-16-23)26-28-24(27(29)32-26)18-22-11-7-8-12-25(22)31-19-20-9-5-4-6-10-20/h4-16,18H,2-3,17,19H2,1H3/b24-18+. The highest BCUT2D eigenvalue weighted by molar-refractivity contribution is 6.13. The summed E-state index contributed by atoms with van der Waals surface area (Å²) in [6.07, 6.45) is 3.79. The van der Waals surface area contributed by atoms with Crippen LogP contribution in [-0.4, -0.2) is 18.5 Å². The first kappa shape index (κ1) is 21.4. The smallest absolute Gasteiger partial charge is 0.363 e. The average Bonchev–Trinajstić information content (AvgIpc) is 3.20. The molecular formula is C27H25NO4. The van der Waals surface area contributed by atoms with E-state index in [9.17, 15) is 4.79 Å². The Balaban J connectivity index is 1.49. The molecule has 0 fully saturated rings. The minimum Gasteiger partial charge on any atom is -0.494 e. The van der Waals surface area contributed by atoms with Gasteiger partial charge in [-0.1, -0.05) is 61.9 Å². The number of ether oxygens (including phenoxy) is 3. The van der Waals surface area contributed by atoms with Crippen molar-refractivity contribution in [3.63, 3.8) is 0 Å². The summed E-state index contributed by atoms with van der Waals surface area (Å²) in [4.78, 5) is 16.8. The van der Waals surface area contributed by atoms with Gasteiger partial charge in [0.15, 0.2) is 5.70 Å². The Kier molecular flexibility index (Phi) is 6.98. The molecule has 0 radical (unpaired) electrons. The van der Waals surface area contributed by atoms with Gasteiger partial charge in [-0.2, -0.15) is 0 Å². The fourth-order valence-electron chi connectivity index (χ4n) is 3.17. The van der Waals surface area contributed by atoms with E-state index in [0.29, 0.717) is 19.0 Å². The lowest BCUT2D eigenvalue weighted by molar-refractivity contribution is -0.129. The molecule has 5 heteroatoms. The molecule has 1 aliphatic rings. The maximum absolute atomic E-state index is 12.4. The largest absolute Gasteiger partial charge is 0.494 e. The number of carbonyl (C=O) groups is 1. The summed E-state index contributed by atoms with van der Waals surface area (Å²) in [5, 5.41) is 0. The Morgan fingerprint density at radius 2 is 1.66 bits per heavy atom. The molecule has 1 heterocycles. The molecule has 1 aliphatic heterocycles. The van der Waals surface area contributed by atoms with Crippen molar-refractivity contribution in [3.8, 4) is 11.5 Å². The van der Waals surface area contributed by atoms with Gasteiger partial charge in [0.1, 0.15) is 18.1 Å². The van der Waals surface area contributed by atoms with Gasteiger partial charge in [0.05, 0.1) is 6.61 Å². The number of rotatable bonds is 9. The number of hydrogen-bond acceptors (Lipinski definition) is 5. The van der Waals surface area contributed by atoms with Crippen molar-refractivity contribution >= 4 is 17.9 Å². The zero-order valence-electron chi connectivity index (χ0n) is 18.0. The monoisotopic (exact) mass is 427 g/mol. The summed E-state index contributed by atoms with van der Waals surface area (Å²) < 4.78 is 17.1. The molecule has 0 amide bonds. The van der Waals surface area contributed by atoms with Crippen molar-refractivity contribution < 1.29 is 19.0 Å². The summed E-state index contributed by atoms with van der Waals surface area (Å²) in [5.74, 6) is 1.26. The van der Waals surface area contributed by atoms with Gasteiger partial charge in [0.2, 0.25) is 5.90 Å². The predicted octanol–water partition coefficient (Wildman–Crippen LogP) is 5.79. The van der Waals surface area contributed by atoms with Gasteiger partial charge < -0.3 is 14.2 Å². The zero-order chi connectivity index (χ0) is 22.2. The van der Waals surface area contributed by atoms with Crippen molar-refractivity contribution in [1.29, 1.82) is 0 Å². The highest BCUT2D eigenvalue weighted by Crippen LogP contribution is 2.26. The fourth-order valence-corrected chi connectivity index (χ4v) is 3.17. The molecule has 0 atom stereocenters. The van der Waals surface area contributed by atoms with Crippen LogP contribution in [-0.2, 0) is 16.1 Å². The van der Waals surface area contributed by atoms with Crippen molar-refractivity contribution in [3.05, 3.63) is 101 Å². The molecular weight excluding hydrogens is 402 g/mol. The second-order valence-corrected chi connectivity index (χ2v) is 7.37. The van der Waals surface area contributed by atoms with E-state index in [2.05, 4.69) is 11.9 Å². The number of hydrogen-bond donors (Lipinski definition) is 0. The molecule has 0 saturated heterocycles. The van der Waals surface area contributed by atoms with E-state index in [1.54, 1.807) is 6.08 Å². The summed E-state index contributed by atoms with van der Waals surface area (Å²) in [6.45, 7) is 3.25. The molecule has 0 spiro atoms. The summed E-state index contributed by atoms with van der Waals surface area (Å²) in [7, 11) is 0. The number of esters is 1. The third kappa shape index (κ3) is 5.43. The van der Waals surface area contributed by atoms with Gasteiger partial charge in [-0.3, -0.25) is 0 Å². The highest BCUT2D eigenvalue weighted by atomic mass is 16.6. The summed E-state index contributed by atoms with van der Waals surface area (Å²) >= 11 is 0. The number of unbranched alkanes of at least 4 members (excludes halogenated alkanes) is 1. The van der Waals surface area contributed by atoms with Gasteiger partial charge in [0.25, 0.3) is 0 Å². The van der Waals surface area contributed by atoms with E-state index in [1.165, 1.54) is 0 Å². The van der Waals surface area contributed by atoms with Crippen LogP contribution < -0.4 is 9.47 Å². The van der Waals surface area contributed by atoms with E-state index in [0.717, 1.165) is 35.3 Å². The van der Waals surface area contributed by atoms with E-state index in [1.807, 2.05) is 78.9 Å². The molecule has 0 aliphatic carbocycles. The summed E-state index contributed by atoms with van der Waals surface area (Å²) in [5.41, 5.74) is 2.79. The molecule has 3 aromatic carbocycles. The van der Waals surface area contributed by atoms with Gasteiger partial charge in [0, 0.05) is 11.1 Å². The molecule has 0 saturated carbocycles. The first-order valence-corrected chi connectivity index (χ1v) is 10.7. The minimum atomic E-state index is -0.485. The first-order chi connectivity index (χ1) is 15.7. The number of nitrogens with zero attached hydrogens (tertiary/aromatic N) is 1. The Bertz CT molecular complexity index is 1120. The third-order valence-electron chi connectivity index (χ3n) is 4.94. The van der Waals surface area contributed by atoms with E-state index in [4.69, 9.17) is 14.2 Å². The molecule has 4 rings (SSSR count). The molecule has 32 heavy (non-hydrogen) atoms. The molecule has 3 aromatic rings. The van der Waals surface area contributed by atoms with E-state index < -0.39 is 5.97 Å². The molecule has 0 aromatic heterocycles. The number of cyclic esters (lactones) is 1. The van der Waals surface area contributed by atoms with Crippen LogP contribution in [0.15, 0.2) is 89.6 Å². The van der Waals surface area contributed by atoms with Gasteiger partial charge in [-0.15, -0.1) is 0 Å². The van der Waals surface area contributed by atoms with Crippen LogP contribution in [0, 0.1) is 0 Å². The van der Waals surface area contributed by atoms with Gasteiger partial charge >= 0.3 is 5.97 Å². The van der Waals surface area contributed by atoms with E-state index >= 15 is 0 Å². The van der Waals surface area contributed by atoms with Gasteiger partial charge in [-0.05, 0) is 48.4 Å². The zero-order valence-corrected chi connectivity index (χ0v) is 18.0. The second-order valence-electron chi connectivity index (χ2n) is 7.37. The Morgan fingerprint density at radius 3 is 2.44 bits per heavy atom. The Morgan fingerprint density at radius 1 is 0.906 bits per heavy atom. The Hall–Kier alpha value is -3.86. The molecule has 0 N–H and O–H groups in total. The second kappa shape index (κ2) is 10.4. The first-order valence-electron chi connectivity index (χ1n) is 10.7. The van der Waals surface area contributed by atoms with Crippen molar-refractivity contribution in [1.82, 2.24) is 0 Å². The lowest BCUT2D eigenvalue weighted by atomic mass is 10.1. The van der Waals surface area contributed by atoms with Crippen molar-refractivity contribution in [2.75, 3.05) is 6.61 Å². The third-order valence-corrected chi connectivity index (χ3v) is 4.94. The summed E-state index contributed by atoms with van der Waals surface area (Å²) in [6, 6.07) is 24.9. The maximum atomic E-state index is 12.4. The van der Waals surface area contributed by atoms with Crippen LogP contribution >= 0.6 is 0 Å². The van der Waals surface area contributed by atoms with Crippen LogP contribution in [0.25, 0.3) is 6.08 Å². The van der Waals surface area contributed by atoms with E-state index in [-0.39, 0.29) is 11.6 Å². The highest BCUT2D eigenvalue weighted by Gasteiger charge is 2.24. The number of carbonyl (C=O) groups excluding carboxylic acids is 1. The minimum absolute atomic E-state index is 0.235. The molecule has 162 valence electrons. The maximum Gasteiger partial charge on any atom is 0.363 e. The number of aliphatic imine (C=N–C) groups is 1. The van der Waals surface area contributed by atoms with Crippen molar-refractivity contribution in [2.24, 2.45) is 4.99 Å². The molecule has 5 nitrogen and oxygen atoms in total. The fraction of sp³-hybridized carbons (Fsp3) is 0.185. The van der Waals surface area contributed by atoms with Crippen LogP contribution in [0.4, 0.5) is 0 Å². The lowest BCUT2D eigenvalue weighted by Gasteiger charge is -2.09. The predicted molar refractivity (Wildman–Crippen MR) is 125 cm³/mol. The quantitative estimate of drug-likeness (QED) is 0.246. The van der Waals surface area contributed by atoms with Crippen LogP contribution in [0.3, 0.4) is 0 Å². The van der Waals surface area contributed by atoms with Crippen LogP contribution in [0.1, 0.15) is 36.5 Å². The van der Waals surface area contributed by atoms with Crippen LogP contribution in [0.5, 0.6) is 11.5 Å². The average molecular weight is 428 g/mol. The van der Waals surface area contributed by atoms with Crippen molar-refractivity contribution in [2.45, 2.75) is 26.4 Å². The van der Waals surface area contributed by atoms with Gasteiger partial charge in [-0.25, -0.2) is 9.79 Å². The molecule has 0 unspecified atom stereocenters. The topological polar surface area (TPSA) is 57.1 Å². The SMILES string of the molecule is CCCCOc1ccc(C2=N/C(=C/c3ccccc3OCc3ccccc3)C(=O)O2)cc1. The lowest BCUT2D eigenvalue weighted by Crippen LogP contribution is -2.05. The normalized spacial score (nSPS) is 14.2. The van der Waals surface area contributed by atoms with Crippen LogP contribution in [0.2, 0.25) is 0 Å². The number of benzene rings is 3. The molecule has 0 bridgehead atoms. The Labute approximate surface area is 188 Å².